The Morgan fingerprint density at radius 1 is 1.22 bits per heavy atom. The Morgan fingerprint density at radius 2 is 1.94 bits per heavy atom. The SMILES string of the molecule is CNc1nc(C)nc(Oc2cc(C)nn2C)c1C. The average molecular weight is 247 g/mol. The second-order valence-electron chi connectivity index (χ2n) is 4.15. The molecule has 0 unspecified atom stereocenters. The standard InChI is InChI=1S/C12H17N5O/c1-7-6-10(17(5)16-7)18-12-8(2)11(13-4)14-9(3)15-12/h6H,1-5H3,(H,13,14,15). The average Bonchev–Trinajstić information content (AvgIpc) is 2.62. The van der Waals surface area contributed by atoms with Crippen LogP contribution in [-0.4, -0.2) is 26.8 Å². The van der Waals surface area contributed by atoms with E-state index in [0.717, 1.165) is 17.1 Å². The van der Waals surface area contributed by atoms with Crippen LogP contribution in [0.2, 0.25) is 0 Å². The van der Waals surface area contributed by atoms with Gasteiger partial charge in [0.1, 0.15) is 11.6 Å². The smallest absolute Gasteiger partial charge is 0.229 e. The number of rotatable bonds is 3. The summed E-state index contributed by atoms with van der Waals surface area (Å²) in [7, 11) is 3.66. The van der Waals surface area contributed by atoms with Crippen molar-refractivity contribution in [2.45, 2.75) is 20.8 Å². The fraction of sp³-hybridized carbons (Fsp3) is 0.417. The third-order valence-electron chi connectivity index (χ3n) is 2.61. The first-order valence-electron chi connectivity index (χ1n) is 5.72. The van der Waals surface area contributed by atoms with Gasteiger partial charge in [-0.1, -0.05) is 0 Å². The summed E-state index contributed by atoms with van der Waals surface area (Å²) < 4.78 is 7.48. The Balaban J connectivity index is 2.40. The van der Waals surface area contributed by atoms with Crippen LogP contribution in [0.4, 0.5) is 5.82 Å². The van der Waals surface area contributed by atoms with Crippen LogP contribution in [0.15, 0.2) is 6.07 Å². The molecule has 2 aromatic heterocycles. The molecule has 0 spiro atoms. The lowest BCUT2D eigenvalue weighted by Gasteiger charge is -2.11. The molecule has 0 aromatic carbocycles. The molecule has 0 radical (unpaired) electrons. The van der Waals surface area contributed by atoms with Gasteiger partial charge in [-0.2, -0.15) is 10.1 Å². The van der Waals surface area contributed by atoms with E-state index >= 15 is 0 Å². The minimum atomic E-state index is 0.551. The van der Waals surface area contributed by atoms with Crippen LogP contribution < -0.4 is 10.1 Å². The Morgan fingerprint density at radius 3 is 2.50 bits per heavy atom. The maximum atomic E-state index is 5.79. The van der Waals surface area contributed by atoms with Gasteiger partial charge in [0.05, 0.1) is 11.3 Å². The van der Waals surface area contributed by atoms with E-state index in [2.05, 4.69) is 20.4 Å². The lowest BCUT2D eigenvalue weighted by atomic mass is 10.3. The Hall–Kier alpha value is -2.11. The van der Waals surface area contributed by atoms with Crippen molar-refractivity contribution in [2.24, 2.45) is 7.05 Å². The first-order valence-corrected chi connectivity index (χ1v) is 5.72. The van der Waals surface area contributed by atoms with Gasteiger partial charge >= 0.3 is 0 Å². The van der Waals surface area contributed by atoms with Crippen LogP contribution in [0.1, 0.15) is 17.1 Å². The Labute approximate surface area is 106 Å². The molecule has 0 amide bonds. The Bertz CT molecular complexity index is 576. The molecule has 0 aliphatic carbocycles. The second kappa shape index (κ2) is 4.64. The van der Waals surface area contributed by atoms with Gasteiger partial charge in [0.2, 0.25) is 11.8 Å². The molecule has 2 heterocycles. The number of anilines is 1. The zero-order valence-corrected chi connectivity index (χ0v) is 11.3. The molecule has 0 aliphatic rings. The lowest BCUT2D eigenvalue weighted by molar-refractivity contribution is 0.410. The molecule has 6 nitrogen and oxygen atoms in total. The molecule has 0 saturated carbocycles. The predicted molar refractivity (Wildman–Crippen MR) is 69.1 cm³/mol. The predicted octanol–water partition coefficient (Wildman–Crippen LogP) is 1.97. The fourth-order valence-corrected chi connectivity index (χ4v) is 1.73. The van der Waals surface area contributed by atoms with Gasteiger partial charge in [-0.25, -0.2) is 9.67 Å². The van der Waals surface area contributed by atoms with Crippen molar-refractivity contribution in [1.82, 2.24) is 19.7 Å². The van der Waals surface area contributed by atoms with Gasteiger partial charge in [-0.15, -0.1) is 0 Å². The van der Waals surface area contributed by atoms with Gasteiger partial charge in [0, 0.05) is 20.2 Å². The van der Waals surface area contributed by atoms with Crippen LogP contribution in [0.3, 0.4) is 0 Å². The Kier molecular flexibility index (Phi) is 3.18. The highest BCUT2D eigenvalue weighted by Crippen LogP contribution is 2.26. The van der Waals surface area contributed by atoms with E-state index in [0.29, 0.717) is 17.6 Å². The summed E-state index contributed by atoms with van der Waals surface area (Å²) >= 11 is 0. The van der Waals surface area contributed by atoms with Gasteiger partial charge < -0.3 is 10.1 Å². The summed E-state index contributed by atoms with van der Waals surface area (Å²) in [5.74, 6) is 2.65. The second-order valence-corrected chi connectivity index (χ2v) is 4.15. The zero-order valence-electron chi connectivity index (χ0n) is 11.3. The van der Waals surface area contributed by atoms with Gasteiger partial charge in [-0.05, 0) is 20.8 Å². The van der Waals surface area contributed by atoms with Crippen molar-refractivity contribution in [2.75, 3.05) is 12.4 Å². The van der Waals surface area contributed by atoms with Crippen LogP contribution in [0.25, 0.3) is 0 Å². The minimum Gasteiger partial charge on any atom is -0.420 e. The summed E-state index contributed by atoms with van der Waals surface area (Å²) in [4.78, 5) is 8.61. The summed E-state index contributed by atoms with van der Waals surface area (Å²) in [6.45, 7) is 5.68. The topological polar surface area (TPSA) is 64.9 Å². The highest BCUT2D eigenvalue weighted by atomic mass is 16.5. The third kappa shape index (κ3) is 2.27. The summed E-state index contributed by atoms with van der Waals surface area (Å²) in [5.41, 5.74) is 1.78. The van der Waals surface area contributed by atoms with Crippen molar-refractivity contribution in [3.8, 4) is 11.8 Å². The molecule has 1 N–H and O–H groups in total. The molecule has 0 fully saturated rings. The van der Waals surface area contributed by atoms with E-state index in [4.69, 9.17) is 4.74 Å². The first-order chi connectivity index (χ1) is 8.51. The number of nitrogens with one attached hydrogen (secondary N) is 1. The monoisotopic (exact) mass is 247 g/mol. The van der Waals surface area contributed by atoms with E-state index in [-0.39, 0.29) is 0 Å². The molecule has 0 saturated heterocycles. The largest absolute Gasteiger partial charge is 0.420 e. The number of nitrogens with zero attached hydrogens (tertiary/aromatic N) is 4. The number of aryl methyl sites for hydroxylation is 3. The first kappa shape index (κ1) is 12.3. The molecule has 0 aliphatic heterocycles. The number of aromatic nitrogens is 4. The molecular formula is C12H17N5O. The van der Waals surface area contributed by atoms with Crippen molar-refractivity contribution < 1.29 is 4.74 Å². The highest BCUT2D eigenvalue weighted by molar-refractivity contribution is 5.48. The molecule has 96 valence electrons. The summed E-state index contributed by atoms with van der Waals surface area (Å²) in [6.07, 6.45) is 0. The zero-order chi connectivity index (χ0) is 13.3. The maximum absolute atomic E-state index is 5.79. The molecule has 0 atom stereocenters. The lowest BCUT2D eigenvalue weighted by Crippen LogP contribution is -2.04. The summed E-state index contributed by atoms with van der Waals surface area (Å²) in [6, 6.07) is 1.87. The number of hydrogen-bond acceptors (Lipinski definition) is 5. The van der Waals surface area contributed by atoms with E-state index in [1.807, 2.05) is 40.9 Å². The fourth-order valence-electron chi connectivity index (χ4n) is 1.73. The van der Waals surface area contributed by atoms with E-state index < -0.39 is 0 Å². The molecular weight excluding hydrogens is 230 g/mol. The van der Waals surface area contributed by atoms with E-state index in [1.165, 1.54) is 0 Å². The molecule has 0 bridgehead atoms. The summed E-state index contributed by atoms with van der Waals surface area (Å²) in [5, 5.41) is 7.26. The third-order valence-corrected chi connectivity index (χ3v) is 2.61. The van der Waals surface area contributed by atoms with Gasteiger partial charge in [-0.3, -0.25) is 0 Å². The quantitative estimate of drug-likeness (QED) is 0.898. The van der Waals surface area contributed by atoms with Crippen LogP contribution in [0.5, 0.6) is 11.8 Å². The molecule has 18 heavy (non-hydrogen) atoms. The van der Waals surface area contributed by atoms with E-state index in [1.54, 1.807) is 4.68 Å². The molecule has 2 rings (SSSR count). The van der Waals surface area contributed by atoms with Gasteiger partial charge in [0.15, 0.2) is 0 Å². The number of hydrogen-bond donors (Lipinski definition) is 1. The number of ether oxygens (including phenoxy) is 1. The van der Waals surface area contributed by atoms with Crippen molar-refractivity contribution in [3.05, 3.63) is 23.1 Å². The normalized spacial score (nSPS) is 10.5. The van der Waals surface area contributed by atoms with Crippen LogP contribution in [-0.2, 0) is 7.05 Å². The maximum Gasteiger partial charge on any atom is 0.229 e. The van der Waals surface area contributed by atoms with Crippen molar-refractivity contribution >= 4 is 5.82 Å². The van der Waals surface area contributed by atoms with Crippen LogP contribution >= 0.6 is 0 Å². The van der Waals surface area contributed by atoms with Crippen LogP contribution in [0, 0.1) is 20.8 Å². The minimum absolute atomic E-state index is 0.551. The molecule has 2 aromatic rings. The molecule has 6 heteroatoms. The van der Waals surface area contributed by atoms with Gasteiger partial charge in [0.25, 0.3) is 0 Å². The highest BCUT2D eigenvalue weighted by Gasteiger charge is 2.12. The van der Waals surface area contributed by atoms with E-state index in [9.17, 15) is 0 Å². The van der Waals surface area contributed by atoms with Crippen molar-refractivity contribution in [3.63, 3.8) is 0 Å². The van der Waals surface area contributed by atoms with Crippen molar-refractivity contribution in [1.29, 1.82) is 0 Å².